The van der Waals surface area contributed by atoms with Crippen LogP contribution in [0.2, 0.25) is 0 Å². The van der Waals surface area contributed by atoms with Crippen molar-refractivity contribution >= 4 is 10.8 Å². The van der Waals surface area contributed by atoms with E-state index in [9.17, 15) is 9.59 Å². The molecule has 6 nitrogen and oxygen atoms in total. The summed E-state index contributed by atoms with van der Waals surface area (Å²) in [5, 5.41) is 8.63. The zero-order valence-electron chi connectivity index (χ0n) is 10.2. The minimum atomic E-state index is -0.176. The first kappa shape index (κ1) is 10.9. The standard InChI is InChI=1S/C12H12N4O2/c1-7-9-10(8(2)14-13-7)12(18)16-6-4-3-5-15(16)11(9)17/h3-4H,5-6H2,1-2H3. The molecule has 0 unspecified atom stereocenters. The highest BCUT2D eigenvalue weighted by atomic mass is 16.2. The fraction of sp³-hybridized carbons (Fsp3) is 0.333. The molecule has 92 valence electrons. The van der Waals surface area contributed by atoms with Crippen molar-refractivity contribution in [3.8, 4) is 0 Å². The van der Waals surface area contributed by atoms with Crippen molar-refractivity contribution in [3.05, 3.63) is 44.2 Å². The van der Waals surface area contributed by atoms with Crippen LogP contribution in [-0.4, -0.2) is 19.6 Å². The highest BCUT2D eigenvalue weighted by Crippen LogP contribution is 2.11. The van der Waals surface area contributed by atoms with Crippen molar-refractivity contribution in [1.29, 1.82) is 0 Å². The lowest BCUT2D eigenvalue weighted by molar-refractivity contribution is 0.464. The Kier molecular flexibility index (Phi) is 2.19. The number of aromatic nitrogens is 4. The minimum Gasteiger partial charge on any atom is -0.267 e. The Morgan fingerprint density at radius 3 is 1.67 bits per heavy atom. The van der Waals surface area contributed by atoms with E-state index in [0.717, 1.165) is 0 Å². The maximum absolute atomic E-state index is 12.4. The number of aryl methyl sites for hydroxylation is 2. The monoisotopic (exact) mass is 244 g/mol. The van der Waals surface area contributed by atoms with Gasteiger partial charge in [0.1, 0.15) is 0 Å². The van der Waals surface area contributed by atoms with Crippen LogP contribution in [0, 0.1) is 13.8 Å². The van der Waals surface area contributed by atoms with Gasteiger partial charge in [-0.25, -0.2) is 9.36 Å². The van der Waals surface area contributed by atoms with Gasteiger partial charge in [0.25, 0.3) is 11.1 Å². The van der Waals surface area contributed by atoms with Crippen molar-refractivity contribution in [3.63, 3.8) is 0 Å². The largest absolute Gasteiger partial charge is 0.275 e. The van der Waals surface area contributed by atoms with Crippen molar-refractivity contribution in [2.75, 3.05) is 0 Å². The van der Waals surface area contributed by atoms with E-state index in [1.807, 2.05) is 12.2 Å². The van der Waals surface area contributed by atoms with Crippen LogP contribution in [0.4, 0.5) is 0 Å². The molecule has 0 radical (unpaired) electrons. The number of fused-ring (bicyclic) bond motifs is 2. The van der Waals surface area contributed by atoms with E-state index in [2.05, 4.69) is 10.2 Å². The molecule has 3 rings (SSSR count). The summed E-state index contributed by atoms with van der Waals surface area (Å²) in [6, 6.07) is 0. The van der Waals surface area contributed by atoms with Crippen molar-refractivity contribution in [1.82, 2.24) is 19.6 Å². The van der Waals surface area contributed by atoms with Gasteiger partial charge >= 0.3 is 0 Å². The summed E-state index contributed by atoms with van der Waals surface area (Å²) >= 11 is 0. The van der Waals surface area contributed by atoms with Crippen LogP contribution < -0.4 is 11.1 Å². The van der Waals surface area contributed by atoms with E-state index in [0.29, 0.717) is 35.2 Å². The average Bonchev–Trinajstić information content (AvgIpc) is 2.38. The van der Waals surface area contributed by atoms with Gasteiger partial charge in [-0.2, -0.15) is 10.2 Å². The first-order valence-electron chi connectivity index (χ1n) is 5.73. The lowest BCUT2D eigenvalue weighted by Crippen LogP contribution is -2.40. The van der Waals surface area contributed by atoms with Gasteiger partial charge in [-0.15, -0.1) is 0 Å². The molecule has 1 aliphatic heterocycles. The summed E-state index contributed by atoms with van der Waals surface area (Å²) in [6.45, 7) is 4.24. The van der Waals surface area contributed by atoms with Gasteiger partial charge in [-0.1, -0.05) is 12.2 Å². The molecule has 0 amide bonds. The van der Waals surface area contributed by atoms with E-state index in [1.54, 1.807) is 13.8 Å². The van der Waals surface area contributed by atoms with Crippen LogP contribution in [0.5, 0.6) is 0 Å². The predicted molar refractivity (Wildman–Crippen MR) is 66.7 cm³/mol. The van der Waals surface area contributed by atoms with Crippen LogP contribution in [0.25, 0.3) is 10.8 Å². The highest BCUT2D eigenvalue weighted by molar-refractivity contribution is 5.84. The number of rotatable bonds is 0. The summed E-state index contributed by atoms with van der Waals surface area (Å²) in [6.07, 6.45) is 3.76. The normalized spacial score (nSPS) is 13.9. The second kappa shape index (κ2) is 3.63. The van der Waals surface area contributed by atoms with Gasteiger partial charge < -0.3 is 0 Å². The first-order valence-corrected chi connectivity index (χ1v) is 5.73. The van der Waals surface area contributed by atoms with Gasteiger partial charge in [0, 0.05) is 0 Å². The third-order valence-electron chi connectivity index (χ3n) is 3.23. The fourth-order valence-corrected chi connectivity index (χ4v) is 2.32. The van der Waals surface area contributed by atoms with Crippen LogP contribution in [0.1, 0.15) is 11.4 Å². The molecular weight excluding hydrogens is 232 g/mol. The molecule has 0 spiro atoms. The number of hydrogen-bond acceptors (Lipinski definition) is 4. The molecule has 6 heteroatoms. The lowest BCUT2D eigenvalue weighted by atomic mass is 10.1. The predicted octanol–water partition coefficient (Wildman–Crippen LogP) is 0.140. The van der Waals surface area contributed by atoms with Crippen molar-refractivity contribution in [2.24, 2.45) is 0 Å². The summed E-state index contributed by atoms with van der Waals surface area (Å²) < 4.78 is 2.91. The molecule has 1 aliphatic rings. The molecular formula is C12H12N4O2. The molecule has 0 N–H and O–H groups in total. The van der Waals surface area contributed by atoms with Crippen molar-refractivity contribution in [2.45, 2.75) is 26.9 Å². The van der Waals surface area contributed by atoms with Crippen LogP contribution in [-0.2, 0) is 13.1 Å². The molecule has 0 aliphatic carbocycles. The Morgan fingerprint density at radius 2 is 1.28 bits per heavy atom. The summed E-state index contributed by atoms with van der Waals surface area (Å²) in [7, 11) is 0. The summed E-state index contributed by atoms with van der Waals surface area (Å²) in [4.78, 5) is 24.8. The Balaban J connectivity index is 2.63. The molecule has 0 atom stereocenters. The van der Waals surface area contributed by atoms with Gasteiger partial charge in [-0.3, -0.25) is 9.59 Å². The third kappa shape index (κ3) is 1.28. The van der Waals surface area contributed by atoms with Crippen LogP contribution in [0.3, 0.4) is 0 Å². The summed E-state index contributed by atoms with van der Waals surface area (Å²) in [5.41, 5.74) is 0.653. The van der Waals surface area contributed by atoms with E-state index >= 15 is 0 Å². The number of nitrogens with zero attached hydrogens (tertiary/aromatic N) is 4. The SMILES string of the molecule is Cc1nnc(C)c2c(=O)n3n(c(=O)c12)CC=CC3. The van der Waals surface area contributed by atoms with E-state index in [-0.39, 0.29) is 11.1 Å². The second-order valence-electron chi connectivity index (χ2n) is 4.37. The molecule has 3 heterocycles. The smallest absolute Gasteiger partial charge is 0.267 e. The average molecular weight is 244 g/mol. The molecule has 0 saturated carbocycles. The Morgan fingerprint density at radius 1 is 0.889 bits per heavy atom. The zero-order chi connectivity index (χ0) is 12.9. The number of allylic oxidation sites excluding steroid dienone is 2. The fourth-order valence-electron chi connectivity index (χ4n) is 2.32. The van der Waals surface area contributed by atoms with E-state index in [1.165, 1.54) is 9.36 Å². The molecule has 2 aromatic rings. The molecule has 2 aromatic heterocycles. The van der Waals surface area contributed by atoms with Gasteiger partial charge in [0.05, 0.1) is 35.2 Å². The van der Waals surface area contributed by atoms with Crippen LogP contribution >= 0.6 is 0 Å². The third-order valence-corrected chi connectivity index (χ3v) is 3.23. The molecule has 0 saturated heterocycles. The maximum atomic E-state index is 12.4. The number of hydrogen-bond donors (Lipinski definition) is 0. The van der Waals surface area contributed by atoms with Crippen LogP contribution in [0.15, 0.2) is 21.7 Å². The molecule has 0 fully saturated rings. The van der Waals surface area contributed by atoms with Gasteiger partial charge in [0.2, 0.25) is 0 Å². The summed E-state index contributed by atoms with van der Waals surface area (Å²) in [5.74, 6) is 0. The quantitative estimate of drug-likeness (QED) is 0.618. The topological polar surface area (TPSA) is 69.8 Å². The van der Waals surface area contributed by atoms with Gasteiger partial charge in [-0.05, 0) is 13.8 Å². The Labute approximate surface area is 102 Å². The highest BCUT2D eigenvalue weighted by Gasteiger charge is 2.18. The molecule has 18 heavy (non-hydrogen) atoms. The zero-order valence-corrected chi connectivity index (χ0v) is 10.2. The molecule has 0 aromatic carbocycles. The molecule has 0 bridgehead atoms. The van der Waals surface area contributed by atoms with E-state index < -0.39 is 0 Å². The second-order valence-corrected chi connectivity index (χ2v) is 4.37. The van der Waals surface area contributed by atoms with Crippen molar-refractivity contribution < 1.29 is 0 Å². The first-order chi connectivity index (χ1) is 8.61. The van der Waals surface area contributed by atoms with Gasteiger partial charge in [0.15, 0.2) is 0 Å². The minimum absolute atomic E-state index is 0.176. The Bertz CT molecular complexity index is 732. The maximum Gasteiger partial charge on any atom is 0.275 e. The lowest BCUT2D eigenvalue weighted by Gasteiger charge is -2.17. The van der Waals surface area contributed by atoms with E-state index in [4.69, 9.17) is 0 Å². The Hall–Kier alpha value is -2.24.